The second kappa shape index (κ2) is 4.99. The number of rotatable bonds is 4. The Balaban J connectivity index is 2.33. The van der Waals surface area contributed by atoms with Crippen molar-refractivity contribution in [3.05, 3.63) is 48.2 Å². The van der Waals surface area contributed by atoms with Gasteiger partial charge in [-0.2, -0.15) is 0 Å². The summed E-state index contributed by atoms with van der Waals surface area (Å²) in [4.78, 5) is 0. The second-order valence-corrected chi connectivity index (χ2v) is 3.85. The lowest BCUT2D eigenvalue weighted by atomic mass is 10.0. The first-order chi connectivity index (χ1) is 7.85. The van der Waals surface area contributed by atoms with Gasteiger partial charge in [0.1, 0.15) is 5.76 Å². The molecular formula is C14H17NO. The number of furan rings is 1. The first-order valence-electron chi connectivity index (χ1n) is 5.66. The zero-order chi connectivity index (χ0) is 11.4. The minimum Gasteiger partial charge on any atom is -0.464 e. The molecule has 0 spiro atoms. The molecule has 0 aliphatic rings. The predicted octanol–water partition coefficient (Wildman–Crippen LogP) is 3.62. The minimum absolute atomic E-state index is 0.412. The van der Waals surface area contributed by atoms with Crippen LogP contribution in [0.25, 0.3) is 11.3 Å². The van der Waals surface area contributed by atoms with Crippen molar-refractivity contribution in [2.24, 2.45) is 0 Å². The highest BCUT2D eigenvalue weighted by Gasteiger charge is 2.08. The van der Waals surface area contributed by atoms with Gasteiger partial charge in [0, 0.05) is 11.6 Å². The molecule has 0 saturated carbocycles. The predicted molar refractivity (Wildman–Crippen MR) is 66.2 cm³/mol. The normalized spacial score (nSPS) is 12.6. The van der Waals surface area contributed by atoms with Crippen LogP contribution in [0.3, 0.4) is 0 Å². The van der Waals surface area contributed by atoms with Crippen molar-refractivity contribution in [3.8, 4) is 11.3 Å². The van der Waals surface area contributed by atoms with Gasteiger partial charge in [-0.1, -0.05) is 25.1 Å². The topological polar surface area (TPSA) is 25.2 Å². The smallest absolute Gasteiger partial charge is 0.133 e. The lowest BCUT2D eigenvalue weighted by Gasteiger charge is -2.14. The highest BCUT2D eigenvalue weighted by molar-refractivity contribution is 5.58. The summed E-state index contributed by atoms with van der Waals surface area (Å²) in [5.41, 5.74) is 2.44. The molecule has 1 aromatic heterocycles. The Morgan fingerprint density at radius 2 is 2.12 bits per heavy atom. The van der Waals surface area contributed by atoms with Crippen LogP contribution in [0.2, 0.25) is 0 Å². The Morgan fingerprint density at radius 3 is 2.75 bits per heavy atom. The van der Waals surface area contributed by atoms with E-state index in [1.165, 1.54) is 5.56 Å². The molecule has 1 heterocycles. The fourth-order valence-electron chi connectivity index (χ4n) is 1.96. The van der Waals surface area contributed by atoms with Gasteiger partial charge in [0.15, 0.2) is 0 Å². The fourth-order valence-corrected chi connectivity index (χ4v) is 1.96. The quantitative estimate of drug-likeness (QED) is 0.842. The molecule has 0 radical (unpaired) electrons. The maximum Gasteiger partial charge on any atom is 0.133 e. The van der Waals surface area contributed by atoms with E-state index < -0.39 is 0 Å². The molecule has 1 unspecified atom stereocenters. The Labute approximate surface area is 96.3 Å². The molecule has 0 fully saturated rings. The summed E-state index contributed by atoms with van der Waals surface area (Å²) in [7, 11) is 1.99. The van der Waals surface area contributed by atoms with Gasteiger partial charge in [-0.15, -0.1) is 0 Å². The zero-order valence-electron chi connectivity index (χ0n) is 9.73. The number of nitrogens with one attached hydrogen (secondary N) is 1. The molecule has 0 aliphatic heterocycles. The molecular weight excluding hydrogens is 198 g/mol. The summed E-state index contributed by atoms with van der Waals surface area (Å²) in [6, 6.07) is 12.8. The second-order valence-electron chi connectivity index (χ2n) is 3.85. The molecule has 0 amide bonds. The molecule has 1 aromatic carbocycles. The summed E-state index contributed by atoms with van der Waals surface area (Å²) in [5, 5.41) is 3.31. The third-order valence-corrected chi connectivity index (χ3v) is 2.85. The van der Waals surface area contributed by atoms with E-state index in [0.717, 1.165) is 17.7 Å². The van der Waals surface area contributed by atoms with Crippen LogP contribution in [0.15, 0.2) is 47.1 Å². The third kappa shape index (κ3) is 2.17. The zero-order valence-corrected chi connectivity index (χ0v) is 9.73. The van der Waals surface area contributed by atoms with Crippen molar-refractivity contribution < 1.29 is 4.42 Å². The fraction of sp³-hybridized carbons (Fsp3) is 0.286. The summed E-state index contributed by atoms with van der Waals surface area (Å²) in [6.07, 6.45) is 2.79. The van der Waals surface area contributed by atoms with Gasteiger partial charge in [0.2, 0.25) is 0 Å². The number of hydrogen-bond acceptors (Lipinski definition) is 2. The Morgan fingerprint density at radius 1 is 1.25 bits per heavy atom. The van der Waals surface area contributed by atoms with E-state index >= 15 is 0 Å². The summed E-state index contributed by atoms with van der Waals surface area (Å²) in [6.45, 7) is 2.18. The van der Waals surface area contributed by atoms with E-state index in [1.54, 1.807) is 6.26 Å². The van der Waals surface area contributed by atoms with E-state index in [0.29, 0.717) is 6.04 Å². The molecule has 2 heteroatoms. The van der Waals surface area contributed by atoms with Crippen molar-refractivity contribution >= 4 is 0 Å². The van der Waals surface area contributed by atoms with Crippen LogP contribution in [-0.4, -0.2) is 7.05 Å². The van der Waals surface area contributed by atoms with Gasteiger partial charge >= 0.3 is 0 Å². The highest BCUT2D eigenvalue weighted by Crippen LogP contribution is 2.24. The van der Waals surface area contributed by atoms with Gasteiger partial charge in [0.05, 0.1) is 6.26 Å². The summed E-state index contributed by atoms with van der Waals surface area (Å²) in [5.74, 6) is 0.924. The Bertz CT molecular complexity index is 430. The molecule has 0 saturated heterocycles. The Kier molecular flexibility index (Phi) is 3.42. The molecule has 0 aliphatic carbocycles. The maximum absolute atomic E-state index is 5.40. The van der Waals surface area contributed by atoms with E-state index in [4.69, 9.17) is 4.42 Å². The molecule has 84 valence electrons. The Hall–Kier alpha value is -1.54. The van der Waals surface area contributed by atoms with Crippen LogP contribution in [0.4, 0.5) is 0 Å². The molecule has 2 nitrogen and oxygen atoms in total. The van der Waals surface area contributed by atoms with Crippen LogP contribution in [0, 0.1) is 0 Å². The van der Waals surface area contributed by atoms with E-state index in [2.05, 4.69) is 36.5 Å². The van der Waals surface area contributed by atoms with Crippen molar-refractivity contribution in [1.82, 2.24) is 5.32 Å². The first kappa shape index (κ1) is 11.0. The number of benzene rings is 1. The van der Waals surface area contributed by atoms with E-state index in [-0.39, 0.29) is 0 Å². The number of hydrogen-bond donors (Lipinski definition) is 1. The molecule has 2 aromatic rings. The standard InChI is InChI=1S/C14H17NO/c1-3-13(15-2)11-6-4-7-12(10-11)14-8-5-9-16-14/h4-10,13,15H,3H2,1-2H3. The average molecular weight is 215 g/mol. The highest BCUT2D eigenvalue weighted by atomic mass is 16.3. The summed E-state index contributed by atoms with van der Waals surface area (Å²) < 4.78 is 5.40. The van der Waals surface area contributed by atoms with Crippen molar-refractivity contribution in [2.75, 3.05) is 7.05 Å². The monoisotopic (exact) mass is 215 g/mol. The average Bonchev–Trinajstić information content (AvgIpc) is 2.85. The van der Waals surface area contributed by atoms with Crippen molar-refractivity contribution in [3.63, 3.8) is 0 Å². The van der Waals surface area contributed by atoms with Gasteiger partial charge in [-0.3, -0.25) is 0 Å². The molecule has 1 atom stereocenters. The van der Waals surface area contributed by atoms with Gasteiger partial charge in [0.25, 0.3) is 0 Å². The van der Waals surface area contributed by atoms with Crippen molar-refractivity contribution in [2.45, 2.75) is 19.4 Å². The SMILES string of the molecule is CCC(NC)c1cccc(-c2ccco2)c1. The van der Waals surface area contributed by atoms with Gasteiger partial charge in [-0.25, -0.2) is 0 Å². The van der Waals surface area contributed by atoms with Crippen LogP contribution >= 0.6 is 0 Å². The van der Waals surface area contributed by atoms with Crippen LogP contribution in [0.1, 0.15) is 24.9 Å². The van der Waals surface area contributed by atoms with Crippen LogP contribution < -0.4 is 5.32 Å². The molecule has 16 heavy (non-hydrogen) atoms. The van der Waals surface area contributed by atoms with Gasteiger partial charge < -0.3 is 9.73 Å². The van der Waals surface area contributed by atoms with Crippen LogP contribution in [-0.2, 0) is 0 Å². The van der Waals surface area contributed by atoms with E-state index in [9.17, 15) is 0 Å². The first-order valence-corrected chi connectivity index (χ1v) is 5.66. The van der Waals surface area contributed by atoms with Crippen molar-refractivity contribution in [1.29, 1.82) is 0 Å². The lowest BCUT2D eigenvalue weighted by Crippen LogP contribution is -2.14. The molecule has 1 N–H and O–H groups in total. The van der Waals surface area contributed by atoms with Crippen LogP contribution in [0.5, 0.6) is 0 Å². The van der Waals surface area contributed by atoms with Gasteiger partial charge in [-0.05, 0) is 37.2 Å². The van der Waals surface area contributed by atoms with E-state index in [1.807, 2.05) is 19.2 Å². The molecule has 0 bridgehead atoms. The summed E-state index contributed by atoms with van der Waals surface area (Å²) >= 11 is 0. The lowest BCUT2D eigenvalue weighted by molar-refractivity contribution is 0.573. The molecule has 2 rings (SSSR count). The third-order valence-electron chi connectivity index (χ3n) is 2.85. The largest absolute Gasteiger partial charge is 0.464 e. The minimum atomic E-state index is 0.412. The maximum atomic E-state index is 5.40.